The maximum absolute atomic E-state index is 11.2. The Balaban J connectivity index is 0.000000236. The van der Waals surface area contributed by atoms with Crippen LogP contribution in [0.3, 0.4) is 0 Å². The van der Waals surface area contributed by atoms with Gasteiger partial charge in [-0.1, -0.05) is 12.1 Å². The molecule has 2 aromatic rings. The van der Waals surface area contributed by atoms with Crippen LogP contribution in [0.2, 0.25) is 0 Å². The van der Waals surface area contributed by atoms with Crippen molar-refractivity contribution in [3.8, 4) is 5.75 Å². The first kappa shape index (κ1) is 18.6. The second-order valence-corrected chi connectivity index (χ2v) is 12.9. The van der Waals surface area contributed by atoms with Crippen molar-refractivity contribution in [3.05, 3.63) is 36.4 Å². The molecule has 1 aliphatic heterocycles. The summed E-state index contributed by atoms with van der Waals surface area (Å²) >= 11 is -11.2. The Morgan fingerprint density at radius 2 is 1.43 bits per heavy atom. The summed E-state index contributed by atoms with van der Waals surface area (Å²) in [6.45, 7) is 0. The molecule has 1 heterocycles. The third kappa shape index (κ3) is 7.12. The summed E-state index contributed by atoms with van der Waals surface area (Å²) in [5.41, 5.74) is 0. The van der Waals surface area contributed by atoms with E-state index in [1.54, 1.807) is 6.07 Å². The van der Waals surface area contributed by atoms with E-state index in [-0.39, 0.29) is 0 Å². The Bertz CT molecular complexity index is 699. The van der Waals surface area contributed by atoms with Gasteiger partial charge in [0.05, 0.1) is 0 Å². The van der Waals surface area contributed by atoms with Crippen molar-refractivity contribution in [2.45, 2.75) is 17.7 Å². The zero-order valence-corrected chi connectivity index (χ0v) is 15.2. The Kier molecular flexibility index (Phi) is 4.57. The summed E-state index contributed by atoms with van der Waals surface area (Å²) < 4.78 is 59.6. The minimum absolute atomic E-state index is 0.361. The van der Waals surface area contributed by atoms with Gasteiger partial charge in [-0.2, -0.15) is 0 Å². The van der Waals surface area contributed by atoms with E-state index in [0.717, 1.165) is 5.39 Å². The molecule has 23 heavy (non-hydrogen) atoms. The Labute approximate surface area is 134 Å². The molecule has 9 heteroatoms. The van der Waals surface area contributed by atoms with Gasteiger partial charge in [0.15, 0.2) is 4.90 Å². The van der Waals surface area contributed by atoms with Crippen molar-refractivity contribution in [2.24, 2.45) is 0 Å². The van der Waals surface area contributed by atoms with Crippen molar-refractivity contribution in [1.82, 2.24) is 0 Å². The number of benzene rings is 2. The molecule has 0 amide bonds. The van der Waals surface area contributed by atoms with Crippen LogP contribution < -0.4 is 0 Å². The van der Waals surface area contributed by atoms with E-state index in [9.17, 15) is 22.0 Å². The molecule has 3 rings (SSSR count). The van der Waals surface area contributed by atoms with Crippen molar-refractivity contribution in [3.63, 3.8) is 0 Å². The molecular formula is C14H15F6OSSb. The van der Waals surface area contributed by atoms with E-state index in [2.05, 4.69) is 24.3 Å². The third-order valence-electron chi connectivity index (χ3n) is 3.17. The molecule has 1 nitrogen and oxygen atoms in total. The first-order valence-electron chi connectivity index (χ1n) is 6.75. The topological polar surface area (TPSA) is 20.2 Å². The van der Waals surface area contributed by atoms with Crippen LogP contribution in [0.4, 0.5) is 16.9 Å². The van der Waals surface area contributed by atoms with Gasteiger partial charge in [0.25, 0.3) is 0 Å². The number of rotatable bonds is 1. The molecule has 2 aromatic carbocycles. The summed E-state index contributed by atoms with van der Waals surface area (Å²) in [6.07, 6.45) is 2.75. The zero-order chi connectivity index (χ0) is 17.4. The minimum atomic E-state index is -11.2. The van der Waals surface area contributed by atoms with Crippen LogP contribution in [0, 0.1) is 0 Å². The van der Waals surface area contributed by atoms with Gasteiger partial charge in [-0.15, -0.1) is 0 Å². The van der Waals surface area contributed by atoms with Gasteiger partial charge < -0.3 is 5.11 Å². The fourth-order valence-electron chi connectivity index (χ4n) is 2.37. The normalized spacial score (nSPS) is 18.9. The summed E-state index contributed by atoms with van der Waals surface area (Å²) in [5.74, 6) is 3.05. The standard InChI is InChI=1S/C14H14OS.6FH.Sb/c15-12-6-7-13-11(10-12)4-3-5-14(13)16-8-1-2-9-16;;;;;;;/h3-7,10H,1-2,8-9H2;6*1H;/q;;;;;;;+5/p-5. The molecule has 1 aliphatic rings. The molecule has 0 saturated carbocycles. The number of phenols is 1. The first-order valence-corrected chi connectivity index (χ1v) is 14.1. The van der Waals surface area contributed by atoms with Crippen molar-refractivity contribution in [2.75, 3.05) is 11.5 Å². The van der Waals surface area contributed by atoms with Crippen molar-refractivity contribution < 1.29 is 22.0 Å². The molecule has 0 radical (unpaired) electrons. The van der Waals surface area contributed by atoms with E-state index in [1.807, 2.05) is 6.07 Å². The number of phenolic OH excluding ortho intramolecular Hbond substituents is 1. The van der Waals surface area contributed by atoms with E-state index in [4.69, 9.17) is 0 Å². The van der Waals surface area contributed by atoms with Gasteiger partial charge in [0.1, 0.15) is 17.3 Å². The van der Waals surface area contributed by atoms with Crippen LogP contribution in [0.5, 0.6) is 5.75 Å². The Hall–Kier alpha value is -0.752. The molecule has 0 bridgehead atoms. The molecule has 0 aliphatic carbocycles. The van der Waals surface area contributed by atoms with Gasteiger partial charge in [-0.05, 0) is 42.5 Å². The predicted molar refractivity (Wildman–Crippen MR) is 82.6 cm³/mol. The fraction of sp³-hybridized carbons (Fsp3) is 0.286. The predicted octanol–water partition coefficient (Wildman–Crippen LogP) is 5.46. The SMILES string of the molecule is Oc1ccc2c([S+]3CCCC3)cccc2c1.[F][Sb-]([F])([F])([F])([F])[F]. The maximum atomic E-state index is 9.93. The zero-order valence-electron chi connectivity index (χ0n) is 11.9. The average Bonchev–Trinajstić information content (AvgIpc) is 2.87. The van der Waals surface area contributed by atoms with Crippen LogP contribution in [0.25, 0.3) is 10.8 Å². The summed E-state index contributed by atoms with van der Waals surface area (Å²) in [5, 5.41) is 12.0. The van der Waals surface area contributed by atoms with E-state index in [1.165, 1.54) is 34.6 Å². The number of hydrogen-bond donors (Lipinski definition) is 1. The molecule has 0 unspecified atom stereocenters. The van der Waals surface area contributed by atoms with Crippen molar-refractivity contribution >= 4 is 41.1 Å². The second-order valence-electron chi connectivity index (χ2n) is 5.23. The first-order chi connectivity index (χ1) is 10.3. The molecule has 0 aromatic heterocycles. The number of aromatic hydroxyl groups is 1. The van der Waals surface area contributed by atoms with Crippen molar-refractivity contribution in [1.29, 1.82) is 0 Å². The summed E-state index contributed by atoms with van der Waals surface area (Å²) in [6, 6.07) is 12.2. The third-order valence-corrected chi connectivity index (χ3v) is 5.71. The second kappa shape index (κ2) is 5.66. The number of halogens is 6. The van der Waals surface area contributed by atoms with Gasteiger partial charge in [-0.3, -0.25) is 0 Å². The average molecular weight is 467 g/mol. The number of fused-ring (bicyclic) bond motifs is 1. The van der Waals surface area contributed by atoms with Crippen LogP contribution in [0.15, 0.2) is 41.3 Å². The van der Waals surface area contributed by atoms with Crippen LogP contribution >= 0.6 is 0 Å². The molecule has 0 spiro atoms. The molecule has 1 N–H and O–H groups in total. The molecule has 1 saturated heterocycles. The monoisotopic (exact) mass is 466 g/mol. The van der Waals surface area contributed by atoms with Gasteiger partial charge >= 0.3 is 36.4 Å². The van der Waals surface area contributed by atoms with Crippen LogP contribution in [-0.2, 0) is 10.9 Å². The Morgan fingerprint density at radius 1 is 0.870 bits per heavy atom. The summed E-state index contributed by atoms with van der Waals surface area (Å²) in [7, 11) is 0.447. The van der Waals surface area contributed by atoms with E-state index in [0.29, 0.717) is 16.6 Å². The van der Waals surface area contributed by atoms with E-state index >= 15 is 0 Å². The fourth-order valence-corrected chi connectivity index (χ4v) is 4.88. The Morgan fingerprint density at radius 3 is 2.00 bits per heavy atom. The molecule has 0 atom stereocenters. The van der Waals surface area contributed by atoms with Crippen LogP contribution in [-0.4, -0.2) is 36.1 Å². The van der Waals surface area contributed by atoms with E-state index < -0.39 is 19.5 Å². The molecular weight excluding hydrogens is 452 g/mol. The number of hydrogen-bond acceptors (Lipinski definition) is 1. The quantitative estimate of drug-likeness (QED) is 0.336. The van der Waals surface area contributed by atoms with Gasteiger partial charge in [-0.25, -0.2) is 0 Å². The molecule has 1 fully saturated rings. The molecule has 130 valence electrons. The van der Waals surface area contributed by atoms with Crippen LogP contribution in [0.1, 0.15) is 12.8 Å². The van der Waals surface area contributed by atoms with Gasteiger partial charge in [0.2, 0.25) is 0 Å². The van der Waals surface area contributed by atoms with Gasteiger partial charge in [0, 0.05) is 16.3 Å². The summed E-state index contributed by atoms with van der Waals surface area (Å²) in [4.78, 5) is 1.50.